The summed E-state index contributed by atoms with van der Waals surface area (Å²) in [5, 5.41) is 1.80. The molecular weight excluding hydrogens is 391 g/mol. The van der Waals surface area contributed by atoms with Crippen LogP contribution in [0.2, 0.25) is 5.02 Å². The van der Waals surface area contributed by atoms with Crippen LogP contribution in [0.5, 0.6) is 5.75 Å². The number of benzene rings is 1. The van der Waals surface area contributed by atoms with Gasteiger partial charge >= 0.3 is 0 Å². The van der Waals surface area contributed by atoms with E-state index in [1.54, 1.807) is 0 Å². The van der Waals surface area contributed by atoms with Gasteiger partial charge in [-0.05, 0) is 31.0 Å². The molecule has 1 aromatic rings. The van der Waals surface area contributed by atoms with E-state index in [9.17, 15) is 0 Å². The molecule has 0 aliphatic carbocycles. The topological polar surface area (TPSA) is 9.23 Å². The van der Waals surface area contributed by atoms with Crippen LogP contribution in [0.25, 0.3) is 0 Å². The first-order valence-electron chi connectivity index (χ1n) is 6.88. The number of hydrogen-bond acceptors (Lipinski definition) is 1. The number of ether oxygens (including phenoxy) is 1. The maximum absolute atomic E-state index is 6.08. The van der Waals surface area contributed by atoms with E-state index < -0.39 is 0 Å². The van der Waals surface area contributed by atoms with Gasteiger partial charge in [-0.1, -0.05) is 75.6 Å². The molecule has 0 fully saturated rings. The van der Waals surface area contributed by atoms with E-state index >= 15 is 0 Å². The normalized spacial score (nSPS) is 10.7. The summed E-state index contributed by atoms with van der Waals surface area (Å²) in [6, 6.07) is 5.72. The molecule has 0 saturated heterocycles. The van der Waals surface area contributed by atoms with Crippen LogP contribution < -0.4 is 4.74 Å². The molecule has 0 heterocycles. The van der Waals surface area contributed by atoms with Crippen LogP contribution >= 0.6 is 43.5 Å². The van der Waals surface area contributed by atoms with Crippen molar-refractivity contribution in [3.63, 3.8) is 0 Å². The molecule has 1 rings (SSSR count). The first-order valence-corrected chi connectivity index (χ1v) is 9.17. The lowest BCUT2D eigenvalue weighted by atomic mass is 10.1. The van der Waals surface area contributed by atoms with Gasteiger partial charge in [0, 0.05) is 9.80 Å². The Hall–Kier alpha value is 0.270. The van der Waals surface area contributed by atoms with Crippen molar-refractivity contribution in [2.24, 2.45) is 0 Å². The molecule has 0 spiro atoms. The predicted octanol–water partition coefficient (Wildman–Crippen LogP) is 6.61. The van der Waals surface area contributed by atoms with Crippen molar-refractivity contribution >= 4 is 43.5 Å². The van der Waals surface area contributed by atoms with Gasteiger partial charge in [0.2, 0.25) is 0 Å². The number of rotatable bonds is 10. The Kier molecular flexibility index (Phi) is 10.0. The van der Waals surface area contributed by atoms with E-state index in [4.69, 9.17) is 16.3 Å². The molecular formula is C15H21Br2ClO. The predicted molar refractivity (Wildman–Crippen MR) is 90.8 cm³/mol. The number of hydrogen-bond donors (Lipinski definition) is 0. The molecule has 1 nitrogen and oxygen atoms in total. The summed E-state index contributed by atoms with van der Waals surface area (Å²) in [7, 11) is 0. The second-order valence-corrected chi connectivity index (χ2v) is 6.70. The van der Waals surface area contributed by atoms with Gasteiger partial charge in [0.25, 0.3) is 0 Å². The van der Waals surface area contributed by atoms with Crippen LogP contribution in [-0.2, 0) is 0 Å². The quantitative estimate of drug-likeness (QED) is 0.310. The Morgan fingerprint density at radius 3 is 2.21 bits per heavy atom. The van der Waals surface area contributed by atoms with Crippen molar-refractivity contribution in [3.05, 3.63) is 27.7 Å². The van der Waals surface area contributed by atoms with Crippen LogP contribution in [0, 0.1) is 0 Å². The van der Waals surface area contributed by atoms with Crippen LogP contribution in [0.1, 0.15) is 44.9 Å². The molecule has 0 aliphatic heterocycles. The zero-order valence-corrected chi connectivity index (χ0v) is 15.1. The minimum Gasteiger partial charge on any atom is -0.492 e. The van der Waals surface area contributed by atoms with E-state index in [-0.39, 0.29) is 0 Å². The Balaban J connectivity index is 2.01. The molecule has 4 heteroatoms. The molecule has 0 aromatic heterocycles. The highest BCUT2D eigenvalue weighted by molar-refractivity contribution is 9.10. The molecule has 1 aromatic carbocycles. The van der Waals surface area contributed by atoms with E-state index in [0.717, 1.165) is 28.6 Å². The molecule has 0 atom stereocenters. The third kappa shape index (κ3) is 8.21. The van der Waals surface area contributed by atoms with E-state index in [1.807, 2.05) is 18.2 Å². The first kappa shape index (κ1) is 17.3. The van der Waals surface area contributed by atoms with Crippen molar-refractivity contribution in [3.8, 4) is 5.75 Å². The Morgan fingerprint density at radius 1 is 0.947 bits per heavy atom. The van der Waals surface area contributed by atoms with Gasteiger partial charge in [0.05, 0.1) is 11.6 Å². The Morgan fingerprint density at radius 2 is 1.58 bits per heavy atom. The van der Waals surface area contributed by atoms with Crippen molar-refractivity contribution < 1.29 is 4.74 Å². The summed E-state index contributed by atoms with van der Waals surface area (Å²) in [6.07, 6.45) is 8.98. The zero-order chi connectivity index (χ0) is 13.9. The lowest BCUT2D eigenvalue weighted by Gasteiger charge is -2.08. The summed E-state index contributed by atoms with van der Waals surface area (Å²) in [5.41, 5.74) is 0. The monoisotopic (exact) mass is 410 g/mol. The molecule has 0 aliphatic rings. The minimum absolute atomic E-state index is 0.671. The van der Waals surface area contributed by atoms with E-state index in [2.05, 4.69) is 31.9 Å². The number of unbranched alkanes of at least 4 members (excludes halogenated alkanes) is 6. The fraction of sp³-hybridized carbons (Fsp3) is 0.600. The summed E-state index contributed by atoms with van der Waals surface area (Å²) >= 11 is 12.9. The third-order valence-electron chi connectivity index (χ3n) is 2.93. The maximum Gasteiger partial charge on any atom is 0.137 e. The van der Waals surface area contributed by atoms with Gasteiger partial charge in [0.1, 0.15) is 5.75 Å². The highest BCUT2D eigenvalue weighted by atomic mass is 79.9. The van der Waals surface area contributed by atoms with Gasteiger partial charge in [-0.15, -0.1) is 0 Å². The summed E-state index contributed by atoms with van der Waals surface area (Å²) in [4.78, 5) is 0. The minimum atomic E-state index is 0.671. The molecule has 108 valence electrons. The molecule has 0 saturated carbocycles. The first-order chi connectivity index (χ1) is 9.24. The largest absolute Gasteiger partial charge is 0.492 e. The molecule has 0 unspecified atom stereocenters. The van der Waals surface area contributed by atoms with Crippen LogP contribution in [0.3, 0.4) is 0 Å². The SMILES string of the molecule is Clc1cc(Br)ccc1OCCCCCCCCCBr. The van der Waals surface area contributed by atoms with Crippen molar-refractivity contribution in [1.82, 2.24) is 0 Å². The number of alkyl halides is 1. The Bertz CT molecular complexity index is 358. The average Bonchev–Trinajstić information content (AvgIpc) is 2.39. The average molecular weight is 413 g/mol. The van der Waals surface area contributed by atoms with Gasteiger partial charge in [-0.25, -0.2) is 0 Å². The second kappa shape index (κ2) is 11.0. The van der Waals surface area contributed by atoms with Gasteiger partial charge < -0.3 is 4.74 Å². The fourth-order valence-corrected chi connectivity index (χ4v) is 2.98. The fourth-order valence-electron chi connectivity index (χ4n) is 1.85. The summed E-state index contributed by atoms with van der Waals surface area (Å²) in [5.74, 6) is 0.780. The molecule has 0 radical (unpaired) electrons. The van der Waals surface area contributed by atoms with Crippen LogP contribution in [0.4, 0.5) is 0 Å². The molecule has 0 bridgehead atoms. The summed E-state index contributed by atoms with van der Waals surface area (Å²) < 4.78 is 6.66. The van der Waals surface area contributed by atoms with E-state index in [1.165, 1.54) is 38.5 Å². The van der Waals surface area contributed by atoms with Crippen LogP contribution in [-0.4, -0.2) is 11.9 Å². The Labute approximate surface area is 138 Å². The van der Waals surface area contributed by atoms with Crippen molar-refractivity contribution in [2.45, 2.75) is 44.9 Å². The molecule has 0 amide bonds. The zero-order valence-electron chi connectivity index (χ0n) is 11.1. The molecule has 0 N–H and O–H groups in total. The second-order valence-electron chi connectivity index (χ2n) is 4.59. The standard InChI is InChI=1S/C15H21Br2ClO/c16-10-6-4-2-1-3-5-7-11-19-15-9-8-13(17)12-14(15)18/h8-9,12H,1-7,10-11H2. The lowest BCUT2D eigenvalue weighted by molar-refractivity contribution is 0.304. The summed E-state index contributed by atoms with van der Waals surface area (Å²) in [6.45, 7) is 0.753. The van der Waals surface area contributed by atoms with Crippen LogP contribution in [0.15, 0.2) is 22.7 Å². The van der Waals surface area contributed by atoms with Gasteiger partial charge in [-0.3, -0.25) is 0 Å². The smallest absolute Gasteiger partial charge is 0.137 e. The molecule has 19 heavy (non-hydrogen) atoms. The van der Waals surface area contributed by atoms with Crippen molar-refractivity contribution in [2.75, 3.05) is 11.9 Å². The number of halogens is 3. The maximum atomic E-state index is 6.08. The lowest BCUT2D eigenvalue weighted by Crippen LogP contribution is -1.97. The van der Waals surface area contributed by atoms with Gasteiger partial charge in [0.15, 0.2) is 0 Å². The van der Waals surface area contributed by atoms with Crippen molar-refractivity contribution in [1.29, 1.82) is 0 Å². The van der Waals surface area contributed by atoms with Gasteiger partial charge in [-0.2, -0.15) is 0 Å². The van der Waals surface area contributed by atoms with E-state index in [0.29, 0.717) is 5.02 Å². The highest BCUT2D eigenvalue weighted by Gasteiger charge is 2.01. The highest BCUT2D eigenvalue weighted by Crippen LogP contribution is 2.27. The third-order valence-corrected chi connectivity index (χ3v) is 4.28.